The smallest absolute Gasteiger partial charge is 0.253 e. The lowest BCUT2D eigenvalue weighted by molar-refractivity contribution is -0.120. The second kappa shape index (κ2) is 8.66. The standard InChI is InChI=1S/C17H15Cl2FN2O2/c18-12-4-5-14(15(19)9-12)17(24)22-10-16(23)21-7-6-11-2-1-3-13(20)8-11/h1-5,8-9H,6-7,10H2,(H,21,23)(H,22,24). The Kier molecular flexibility index (Phi) is 6.58. The molecule has 24 heavy (non-hydrogen) atoms. The van der Waals surface area contributed by atoms with E-state index < -0.39 is 5.91 Å². The Labute approximate surface area is 149 Å². The molecule has 0 aliphatic heterocycles. The molecule has 0 atom stereocenters. The van der Waals surface area contributed by atoms with Crippen molar-refractivity contribution in [1.29, 1.82) is 0 Å². The number of carbonyl (C=O) groups is 2. The normalized spacial score (nSPS) is 10.3. The molecule has 0 radical (unpaired) electrons. The van der Waals surface area contributed by atoms with Crippen molar-refractivity contribution in [3.05, 3.63) is 69.5 Å². The lowest BCUT2D eigenvalue weighted by Gasteiger charge is -2.08. The fourth-order valence-corrected chi connectivity index (χ4v) is 2.52. The molecule has 2 aromatic carbocycles. The summed E-state index contributed by atoms with van der Waals surface area (Å²) in [5.41, 5.74) is 1.03. The van der Waals surface area contributed by atoms with E-state index in [1.807, 2.05) is 0 Å². The molecular weight excluding hydrogens is 354 g/mol. The molecule has 2 aromatic rings. The predicted molar refractivity (Wildman–Crippen MR) is 91.9 cm³/mol. The highest BCUT2D eigenvalue weighted by Gasteiger charge is 2.11. The van der Waals surface area contributed by atoms with Gasteiger partial charge in [0, 0.05) is 11.6 Å². The SMILES string of the molecule is O=C(CNC(=O)c1ccc(Cl)cc1Cl)NCCc1cccc(F)c1. The fraction of sp³-hybridized carbons (Fsp3) is 0.176. The van der Waals surface area contributed by atoms with E-state index in [2.05, 4.69) is 10.6 Å². The van der Waals surface area contributed by atoms with E-state index in [9.17, 15) is 14.0 Å². The summed E-state index contributed by atoms with van der Waals surface area (Å²) in [6, 6.07) is 10.7. The summed E-state index contributed by atoms with van der Waals surface area (Å²) < 4.78 is 13.0. The van der Waals surface area contributed by atoms with Gasteiger partial charge in [-0.2, -0.15) is 0 Å². The van der Waals surface area contributed by atoms with Gasteiger partial charge in [0.1, 0.15) is 5.82 Å². The summed E-state index contributed by atoms with van der Waals surface area (Å²) in [4.78, 5) is 23.7. The van der Waals surface area contributed by atoms with Crippen molar-refractivity contribution in [1.82, 2.24) is 10.6 Å². The molecule has 7 heteroatoms. The molecule has 2 amide bonds. The number of rotatable bonds is 6. The number of halogens is 3. The van der Waals surface area contributed by atoms with Gasteiger partial charge in [0.25, 0.3) is 5.91 Å². The molecular formula is C17H15Cl2FN2O2. The Morgan fingerprint density at radius 1 is 1.04 bits per heavy atom. The first kappa shape index (κ1) is 18.2. The van der Waals surface area contributed by atoms with Crippen LogP contribution in [0.25, 0.3) is 0 Å². The maximum atomic E-state index is 13.0. The zero-order valence-corrected chi connectivity index (χ0v) is 14.1. The molecule has 2 N–H and O–H groups in total. The second-order valence-corrected chi connectivity index (χ2v) is 5.88. The molecule has 0 fully saturated rings. The van der Waals surface area contributed by atoms with Crippen LogP contribution in [0.3, 0.4) is 0 Å². The third-order valence-corrected chi connectivity index (χ3v) is 3.76. The van der Waals surface area contributed by atoms with Gasteiger partial charge in [-0.1, -0.05) is 35.3 Å². The van der Waals surface area contributed by atoms with E-state index in [1.165, 1.54) is 24.3 Å². The first-order valence-electron chi connectivity index (χ1n) is 7.20. The minimum atomic E-state index is -0.461. The first-order chi connectivity index (χ1) is 11.5. The average Bonchev–Trinajstić information content (AvgIpc) is 2.53. The summed E-state index contributed by atoms with van der Waals surface area (Å²) in [6.07, 6.45) is 0.500. The Hall–Kier alpha value is -2.11. The number of nitrogens with one attached hydrogen (secondary N) is 2. The van der Waals surface area contributed by atoms with Gasteiger partial charge in [-0.05, 0) is 42.3 Å². The molecule has 126 valence electrons. The van der Waals surface area contributed by atoms with Crippen molar-refractivity contribution in [2.75, 3.05) is 13.1 Å². The number of benzene rings is 2. The Morgan fingerprint density at radius 2 is 1.83 bits per heavy atom. The molecule has 4 nitrogen and oxygen atoms in total. The molecule has 0 aliphatic rings. The summed E-state index contributed by atoms with van der Waals surface area (Å²) >= 11 is 11.7. The third kappa shape index (κ3) is 5.51. The highest BCUT2D eigenvalue weighted by molar-refractivity contribution is 6.36. The molecule has 0 aromatic heterocycles. The monoisotopic (exact) mass is 368 g/mol. The van der Waals surface area contributed by atoms with Gasteiger partial charge in [0.2, 0.25) is 5.91 Å². The van der Waals surface area contributed by atoms with Crippen molar-refractivity contribution in [2.45, 2.75) is 6.42 Å². The Bertz CT molecular complexity index is 753. The highest BCUT2D eigenvalue weighted by Crippen LogP contribution is 2.20. The highest BCUT2D eigenvalue weighted by atomic mass is 35.5. The van der Waals surface area contributed by atoms with Gasteiger partial charge < -0.3 is 10.6 Å². The number of hydrogen-bond donors (Lipinski definition) is 2. The van der Waals surface area contributed by atoms with Crippen LogP contribution < -0.4 is 10.6 Å². The van der Waals surface area contributed by atoms with Crippen LogP contribution in [0.4, 0.5) is 4.39 Å². The van der Waals surface area contributed by atoms with Gasteiger partial charge in [-0.15, -0.1) is 0 Å². The largest absolute Gasteiger partial charge is 0.354 e. The average molecular weight is 369 g/mol. The van der Waals surface area contributed by atoms with E-state index >= 15 is 0 Å². The zero-order chi connectivity index (χ0) is 17.5. The van der Waals surface area contributed by atoms with Crippen LogP contribution >= 0.6 is 23.2 Å². The van der Waals surface area contributed by atoms with Crippen LogP contribution in [0, 0.1) is 5.82 Å². The number of carbonyl (C=O) groups excluding carboxylic acids is 2. The van der Waals surface area contributed by atoms with Gasteiger partial charge in [0.15, 0.2) is 0 Å². The lowest BCUT2D eigenvalue weighted by Crippen LogP contribution is -2.37. The molecule has 2 rings (SSSR count). The van der Waals surface area contributed by atoms with Crippen LogP contribution in [-0.4, -0.2) is 24.9 Å². The number of amides is 2. The molecule has 0 saturated carbocycles. The Morgan fingerprint density at radius 3 is 2.54 bits per heavy atom. The van der Waals surface area contributed by atoms with Crippen molar-refractivity contribution < 1.29 is 14.0 Å². The van der Waals surface area contributed by atoms with E-state index in [4.69, 9.17) is 23.2 Å². The molecule has 0 saturated heterocycles. The van der Waals surface area contributed by atoms with Crippen LogP contribution in [0.2, 0.25) is 10.0 Å². The van der Waals surface area contributed by atoms with Crippen LogP contribution in [0.5, 0.6) is 0 Å². The van der Waals surface area contributed by atoms with Gasteiger partial charge in [-0.3, -0.25) is 9.59 Å². The van der Waals surface area contributed by atoms with E-state index in [0.29, 0.717) is 18.0 Å². The maximum absolute atomic E-state index is 13.0. The maximum Gasteiger partial charge on any atom is 0.253 e. The van der Waals surface area contributed by atoms with Crippen molar-refractivity contribution in [3.63, 3.8) is 0 Å². The minimum Gasteiger partial charge on any atom is -0.354 e. The Balaban J connectivity index is 1.75. The summed E-state index contributed by atoms with van der Waals surface area (Å²) in [6.45, 7) is 0.167. The van der Waals surface area contributed by atoms with Crippen molar-refractivity contribution in [3.8, 4) is 0 Å². The topological polar surface area (TPSA) is 58.2 Å². The molecule has 0 aliphatic carbocycles. The van der Waals surface area contributed by atoms with Crippen LogP contribution in [0.1, 0.15) is 15.9 Å². The summed E-state index contributed by atoms with van der Waals surface area (Å²) in [7, 11) is 0. The van der Waals surface area contributed by atoms with Crippen LogP contribution in [-0.2, 0) is 11.2 Å². The van der Waals surface area contributed by atoms with Crippen molar-refractivity contribution >= 4 is 35.0 Å². The predicted octanol–water partition coefficient (Wildman–Crippen LogP) is 3.22. The van der Waals surface area contributed by atoms with Gasteiger partial charge in [-0.25, -0.2) is 4.39 Å². The number of hydrogen-bond acceptors (Lipinski definition) is 2. The van der Waals surface area contributed by atoms with E-state index in [-0.39, 0.29) is 28.9 Å². The summed E-state index contributed by atoms with van der Waals surface area (Å²) in [5, 5.41) is 5.77. The van der Waals surface area contributed by atoms with Gasteiger partial charge in [0.05, 0.1) is 17.1 Å². The zero-order valence-electron chi connectivity index (χ0n) is 12.6. The quantitative estimate of drug-likeness (QED) is 0.822. The lowest BCUT2D eigenvalue weighted by atomic mass is 10.1. The third-order valence-electron chi connectivity index (χ3n) is 3.21. The molecule has 0 heterocycles. The molecule has 0 unspecified atom stereocenters. The molecule has 0 spiro atoms. The second-order valence-electron chi connectivity index (χ2n) is 5.04. The van der Waals surface area contributed by atoms with E-state index in [0.717, 1.165) is 5.56 Å². The van der Waals surface area contributed by atoms with E-state index in [1.54, 1.807) is 18.2 Å². The minimum absolute atomic E-state index is 0.180. The fourth-order valence-electron chi connectivity index (χ4n) is 2.03. The first-order valence-corrected chi connectivity index (χ1v) is 7.95. The van der Waals surface area contributed by atoms with Gasteiger partial charge >= 0.3 is 0 Å². The summed E-state index contributed by atoms with van der Waals surface area (Å²) in [5.74, 6) is -1.12. The molecule has 0 bridgehead atoms. The van der Waals surface area contributed by atoms with Crippen LogP contribution in [0.15, 0.2) is 42.5 Å². The van der Waals surface area contributed by atoms with Crippen molar-refractivity contribution in [2.24, 2.45) is 0 Å².